The molecule has 92 valence electrons. The molecule has 0 saturated heterocycles. The normalized spacial score (nSPS) is 17.3. The van der Waals surface area contributed by atoms with Crippen molar-refractivity contribution in [1.29, 1.82) is 0 Å². The van der Waals surface area contributed by atoms with E-state index in [0.29, 0.717) is 11.3 Å². The Kier molecular flexibility index (Phi) is 3.33. The van der Waals surface area contributed by atoms with Crippen LogP contribution in [0.2, 0.25) is 0 Å². The van der Waals surface area contributed by atoms with Crippen LogP contribution in [0.5, 0.6) is 0 Å². The van der Waals surface area contributed by atoms with Crippen LogP contribution in [0.25, 0.3) is 0 Å². The van der Waals surface area contributed by atoms with Gasteiger partial charge in [-0.05, 0) is 43.9 Å². The minimum absolute atomic E-state index is 0.0889. The molecular weight excluding hydrogens is 235 g/mol. The molecule has 1 aliphatic carbocycles. The van der Waals surface area contributed by atoms with E-state index in [1.54, 1.807) is 12.1 Å². The zero-order valence-corrected chi connectivity index (χ0v) is 10.7. The van der Waals surface area contributed by atoms with Crippen molar-refractivity contribution >= 4 is 22.9 Å². The lowest BCUT2D eigenvalue weighted by atomic mass is 9.74. The van der Waals surface area contributed by atoms with Crippen LogP contribution >= 0.6 is 12.2 Å². The van der Waals surface area contributed by atoms with Gasteiger partial charge in [-0.2, -0.15) is 0 Å². The maximum Gasteiger partial charge on any atom is 0.146 e. The average Bonchev–Trinajstić information content (AvgIpc) is 2.25. The molecule has 1 aromatic carbocycles. The Hall–Kier alpha value is -1.16. The molecular formula is C13H17FN2S. The molecule has 1 saturated carbocycles. The molecule has 0 spiro atoms. The van der Waals surface area contributed by atoms with E-state index in [0.717, 1.165) is 19.3 Å². The second-order valence-electron chi connectivity index (χ2n) is 4.67. The number of rotatable bonds is 4. The fourth-order valence-electron chi connectivity index (χ4n) is 2.23. The van der Waals surface area contributed by atoms with Crippen LogP contribution in [0.1, 0.15) is 38.2 Å². The smallest absolute Gasteiger partial charge is 0.146 e. The third kappa shape index (κ3) is 2.41. The summed E-state index contributed by atoms with van der Waals surface area (Å²) in [6.07, 6.45) is 4.46. The highest BCUT2D eigenvalue weighted by molar-refractivity contribution is 7.80. The van der Waals surface area contributed by atoms with Crippen molar-refractivity contribution in [3.8, 4) is 0 Å². The van der Waals surface area contributed by atoms with Crippen LogP contribution in [0.4, 0.5) is 10.1 Å². The van der Waals surface area contributed by atoms with Gasteiger partial charge < -0.3 is 11.1 Å². The minimum atomic E-state index is -0.282. The first-order chi connectivity index (χ1) is 8.06. The quantitative estimate of drug-likeness (QED) is 0.808. The van der Waals surface area contributed by atoms with Crippen molar-refractivity contribution in [3.63, 3.8) is 0 Å². The Bertz CT molecular complexity index is 436. The van der Waals surface area contributed by atoms with Gasteiger partial charge in [-0.1, -0.05) is 19.1 Å². The van der Waals surface area contributed by atoms with Gasteiger partial charge in [-0.15, -0.1) is 0 Å². The Morgan fingerprint density at radius 2 is 2.24 bits per heavy atom. The van der Waals surface area contributed by atoms with Crippen LogP contribution in [0.15, 0.2) is 18.2 Å². The molecule has 3 N–H and O–H groups in total. The van der Waals surface area contributed by atoms with Crippen molar-refractivity contribution in [2.75, 3.05) is 5.32 Å². The predicted octanol–water partition coefficient (Wildman–Crippen LogP) is 3.20. The van der Waals surface area contributed by atoms with Gasteiger partial charge in [0.25, 0.3) is 0 Å². The van der Waals surface area contributed by atoms with Crippen molar-refractivity contribution in [2.24, 2.45) is 5.73 Å². The van der Waals surface area contributed by atoms with Crippen molar-refractivity contribution in [3.05, 3.63) is 29.6 Å². The monoisotopic (exact) mass is 252 g/mol. The van der Waals surface area contributed by atoms with Gasteiger partial charge in [-0.25, -0.2) is 4.39 Å². The highest BCUT2D eigenvalue weighted by Crippen LogP contribution is 2.38. The Labute approximate surface area is 106 Å². The molecule has 2 nitrogen and oxygen atoms in total. The summed E-state index contributed by atoms with van der Waals surface area (Å²) < 4.78 is 13.9. The third-order valence-electron chi connectivity index (χ3n) is 3.64. The fraction of sp³-hybridized carbons (Fsp3) is 0.462. The molecule has 0 atom stereocenters. The Morgan fingerprint density at radius 3 is 2.65 bits per heavy atom. The molecule has 17 heavy (non-hydrogen) atoms. The Morgan fingerprint density at radius 1 is 1.53 bits per heavy atom. The maximum atomic E-state index is 13.9. The molecule has 4 heteroatoms. The van der Waals surface area contributed by atoms with Gasteiger partial charge in [0.2, 0.25) is 0 Å². The molecule has 0 amide bonds. The predicted molar refractivity (Wildman–Crippen MR) is 72.8 cm³/mol. The average molecular weight is 252 g/mol. The maximum absolute atomic E-state index is 13.9. The van der Waals surface area contributed by atoms with E-state index in [1.165, 1.54) is 12.5 Å². The number of anilines is 1. The van der Waals surface area contributed by atoms with Crippen LogP contribution < -0.4 is 11.1 Å². The summed E-state index contributed by atoms with van der Waals surface area (Å²) in [7, 11) is 0. The summed E-state index contributed by atoms with van der Waals surface area (Å²) >= 11 is 4.82. The van der Waals surface area contributed by atoms with Gasteiger partial charge in [0, 0.05) is 11.1 Å². The first-order valence-corrected chi connectivity index (χ1v) is 6.35. The summed E-state index contributed by atoms with van der Waals surface area (Å²) in [4.78, 5) is 0.226. The van der Waals surface area contributed by atoms with Gasteiger partial charge in [0.05, 0.1) is 5.69 Å². The number of nitrogens with two attached hydrogens (primary N) is 1. The number of hydrogen-bond donors (Lipinski definition) is 2. The van der Waals surface area contributed by atoms with Gasteiger partial charge in [0.15, 0.2) is 0 Å². The zero-order valence-electron chi connectivity index (χ0n) is 9.92. The highest BCUT2D eigenvalue weighted by Gasteiger charge is 2.35. The molecule has 2 rings (SSSR count). The lowest BCUT2D eigenvalue weighted by Gasteiger charge is -2.43. The fourth-order valence-corrected chi connectivity index (χ4v) is 2.35. The minimum Gasteiger partial charge on any atom is -0.389 e. The number of thiocarbonyl (C=S) groups is 1. The SMILES string of the molecule is CCC1(Nc2ccc(C(N)=S)cc2F)CCC1. The molecule has 0 bridgehead atoms. The van der Waals surface area contributed by atoms with Gasteiger partial charge in [-0.3, -0.25) is 0 Å². The van der Waals surface area contributed by atoms with Crippen LogP contribution in [-0.2, 0) is 0 Å². The van der Waals surface area contributed by atoms with E-state index >= 15 is 0 Å². The molecule has 0 aromatic heterocycles. The van der Waals surface area contributed by atoms with Crippen LogP contribution in [0, 0.1) is 5.82 Å². The molecule has 0 aliphatic heterocycles. The van der Waals surface area contributed by atoms with Gasteiger partial charge in [0.1, 0.15) is 10.8 Å². The van der Waals surface area contributed by atoms with Crippen molar-refractivity contribution < 1.29 is 4.39 Å². The molecule has 0 unspecified atom stereocenters. The standard InChI is InChI=1S/C13H17FN2S/c1-2-13(6-3-7-13)16-11-5-4-9(12(15)17)8-10(11)14/h4-5,8,16H,2-3,6-7H2,1H3,(H2,15,17). The molecule has 1 fully saturated rings. The van der Waals surface area contributed by atoms with Crippen molar-refractivity contribution in [1.82, 2.24) is 0 Å². The molecule has 1 aliphatic rings. The first kappa shape index (κ1) is 12.3. The number of halogens is 1. The van der Waals surface area contributed by atoms with E-state index in [1.807, 2.05) is 0 Å². The van der Waals surface area contributed by atoms with Crippen LogP contribution in [-0.4, -0.2) is 10.5 Å². The number of nitrogens with one attached hydrogen (secondary N) is 1. The Balaban J connectivity index is 2.19. The summed E-state index contributed by atoms with van der Waals surface area (Å²) in [6.45, 7) is 2.13. The first-order valence-electron chi connectivity index (χ1n) is 5.94. The zero-order chi connectivity index (χ0) is 12.5. The summed E-state index contributed by atoms with van der Waals surface area (Å²) in [6, 6.07) is 4.88. The van der Waals surface area contributed by atoms with Gasteiger partial charge >= 0.3 is 0 Å². The summed E-state index contributed by atoms with van der Waals surface area (Å²) in [5.74, 6) is -0.282. The van der Waals surface area contributed by atoms with Crippen LogP contribution in [0.3, 0.4) is 0 Å². The highest BCUT2D eigenvalue weighted by atomic mass is 32.1. The summed E-state index contributed by atoms with van der Waals surface area (Å²) in [5, 5.41) is 3.32. The lowest BCUT2D eigenvalue weighted by molar-refractivity contribution is 0.268. The third-order valence-corrected chi connectivity index (χ3v) is 3.88. The largest absolute Gasteiger partial charge is 0.389 e. The van der Waals surface area contributed by atoms with E-state index in [9.17, 15) is 4.39 Å². The summed E-state index contributed by atoms with van der Waals surface area (Å²) in [5.41, 5.74) is 6.68. The van der Waals surface area contributed by atoms with E-state index in [-0.39, 0.29) is 16.3 Å². The molecule has 1 aromatic rings. The number of hydrogen-bond acceptors (Lipinski definition) is 2. The van der Waals surface area contributed by atoms with E-state index in [4.69, 9.17) is 18.0 Å². The number of benzene rings is 1. The topological polar surface area (TPSA) is 38.0 Å². The van der Waals surface area contributed by atoms with Crippen molar-refractivity contribution in [2.45, 2.75) is 38.1 Å². The van der Waals surface area contributed by atoms with E-state index < -0.39 is 0 Å². The second-order valence-corrected chi connectivity index (χ2v) is 5.11. The lowest BCUT2D eigenvalue weighted by Crippen LogP contribution is -2.44. The molecule has 0 heterocycles. The van der Waals surface area contributed by atoms with E-state index in [2.05, 4.69) is 12.2 Å². The molecule has 0 radical (unpaired) electrons. The second kappa shape index (κ2) is 4.61.